The van der Waals surface area contributed by atoms with Crippen LogP contribution in [0.15, 0.2) is 22.6 Å². The molecule has 0 spiro atoms. The molecule has 0 unspecified atom stereocenters. The summed E-state index contributed by atoms with van der Waals surface area (Å²) in [4.78, 5) is 4.53. The van der Waals surface area contributed by atoms with E-state index >= 15 is 0 Å². The third-order valence-electron chi connectivity index (χ3n) is 3.43. The van der Waals surface area contributed by atoms with E-state index in [0.29, 0.717) is 12.0 Å². The van der Waals surface area contributed by atoms with Crippen molar-refractivity contribution in [1.82, 2.24) is 4.98 Å². The lowest BCUT2D eigenvalue weighted by molar-refractivity contribution is 0.413. The molecule has 1 aromatic carbocycles. The zero-order chi connectivity index (χ0) is 11.8. The highest BCUT2D eigenvalue weighted by molar-refractivity contribution is 5.74. The largest absolute Gasteiger partial charge is 0.497 e. The van der Waals surface area contributed by atoms with Crippen LogP contribution < -0.4 is 10.5 Å². The van der Waals surface area contributed by atoms with Crippen molar-refractivity contribution in [2.24, 2.45) is 5.73 Å². The average Bonchev–Trinajstić information content (AvgIpc) is 2.93. The van der Waals surface area contributed by atoms with Gasteiger partial charge in [0.05, 0.1) is 7.11 Å². The molecule has 17 heavy (non-hydrogen) atoms. The minimum Gasteiger partial charge on any atom is -0.497 e. The number of nitrogens with two attached hydrogens (primary N) is 1. The van der Waals surface area contributed by atoms with Gasteiger partial charge in [0.25, 0.3) is 0 Å². The van der Waals surface area contributed by atoms with Gasteiger partial charge in [-0.25, -0.2) is 4.98 Å². The number of aromatic nitrogens is 1. The number of ether oxygens (including phenoxy) is 1. The molecule has 4 nitrogen and oxygen atoms in total. The van der Waals surface area contributed by atoms with Crippen LogP contribution in [0, 0.1) is 0 Å². The lowest BCUT2D eigenvalue weighted by atomic mass is 10.1. The molecule has 0 amide bonds. The normalized spacial score (nSPS) is 24.4. The van der Waals surface area contributed by atoms with Gasteiger partial charge in [0.1, 0.15) is 11.3 Å². The molecule has 1 saturated carbocycles. The van der Waals surface area contributed by atoms with Crippen LogP contribution in [0.3, 0.4) is 0 Å². The molecule has 2 aromatic rings. The molecule has 0 radical (unpaired) electrons. The molecular formula is C13H16N2O2. The maximum Gasteiger partial charge on any atom is 0.198 e. The number of hydrogen-bond donors (Lipinski definition) is 1. The summed E-state index contributed by atoms with van der Waals surface area (Å²) in [6, 6.07) is 6.00. The smallest absolute Gasteiger partial charge is 0.198 e. The molecule has 1 heterocycles. The van der Waals surface area contributed by atoms with Crippen molar-refractivity contribution in [3.63, 3.8) is 0 Å². The second-order valence-electron chi connectivity index (χ2n) is 4.66. The lowest BCUT2D eigenvalue weighted by Crippen LogP contribution is -2.14. The van der Waals surface area contributed by atoms with E-state index in [-0.39, 0.29) is 0 Å². The molecule has 2 N–H and O–H groups in total. The number of rotatable bonds is 2. The van der Waals surface area contributed by atoms with Crippen LogP contribution in [-0.2, 0) is 0 Å². The van der Waals surface area contributed by atoms with Gasteiger partial charge in [0, 0.05) is 18.0 Å². The number of oxazole rings is 1. The maximum absolute atomic E-state index is 5.91. The zero-order valence-electron chi connectivity index (χ0n) is 9.85. The fraction of sp³-hybridized carbons (Fsp3) is 0.462. The van der Waals surface area contributed by atoms with Crippen molar-refractivity contribution in [1.29, 1.82) is 0 Å². The Labute approximate surface area is 99.8 Å². The van der Waals surface area contributed by atoms with Gasteiger partial charge >= 0.3 is 0 Å². The molecule has 3 rings (SSSR count). The number of benzene rings is 1. The molecule has 1 aliphatic carbocycles. The average molecular weight is 232 g/mol. The number of nitrogens with zero attached hydrogens (tertiary/aromatic N) is 1. The van der Waals surface area contributed by atoms with E-state index in [1.165, 1.54) is 0 Å². The highest BCUT2D eigenvalue weighted by Gasteiger charge is 2.27. The minimum atomic E-state index is 0.296. The van der Waals surface area contributed by atoms with E-state index in [1.807, 2.05) is 18.2 Å². The van der Waals surface area contributed by atoms with E-state index in [1.54, 1.807) is 7.11 Å². The van der Waals surface area contributed by atoms with Crippen LogP contribution in [-0.4, -0.2) is 18.1 Å². The molecule has 2 atom stereocenters. The number of fused-ring (bicyclic) bond motifs is 1. The molecule has 0 aliphatic heterocycles. The molecule has 90 valence electrons. The Hall–Kier alpha value is -1.55. The Bertz CT molecular complexity index is 535. The topological polar surface area (TPSA) is 61.3 Å². The molecule has 1 fully saturated rings. The minimum absolute atomic E-state index is 0.296. The highest BCUT2D eigenvalue weighted by Crippen LogP contribution is 2.35. The van der Waals surface area contributed by atoms with Crippen molar-refractivity contribution < 1.29 is 9.15 Å². The van der Waals surface area contributed by atoms with Gasteiger partial charge in [0.2, 0.25) is 0 Å². The lowest BCUT2D eigenvalue weighted by Gasteiger charge is -2.02. The number of methoxy groups -OCH3 is 1. The fourth-order valence-corrected chi connectivity index (χ4v) is 2.47. The first-order valence-electron chi connectivity index (χ1n) is 5.96. The van der Waals surface area contributed by atoms with E-state index in [9.17, 15) is 0 Å². The third-order valence-corrected chi connectivity index (χ3v) is 3.43. The summed E-state index contributed by atoms with van der Waals surface area (Å²) in [6.07, 6.45) is 3.11. The van der Waals surface area contributed by atoms with Crippen molar-refractivity contribution in [3.8, 4) is 5.75 Å². The first-order chi connectivity index (χ1) is 8.26. The van der Waals surface area contributed by atoms with Gasteiger partial charge in [-0.2, -0.15) is 0 Å². The van der Waals surface area contributed by atoms with Gasteiger partial charge in [0.15, 0.2) is 11.5 Å². The van der Waals surface area contributed by atoms with Crippen molar-refractivity contribution in [2.75, 3.05) is 7.11 Å². The Morgan fingerprint density at radius 1 is 1.41 bits per heavy atom. The van der Waals surface area contributed by atoms with Gasteiger partial charge in [-0.3, -0.25) is 0 Å². The quantitative estimate of drug-likeness (QED) is 0.863. The molecular weight excluding hydrogens is 216 g/mol. The molecule has 1 aliphatic rings. The molecule has 0 bridgehead atoms. The predicted molar refractivity (Wildman–Crippen MR) is 65.1 cm³/mol. The van der Waals surface area contributed by atoms with Crippen molar-refractivity contribution in [3.05, 3.63) is 24.1 Å². The van der Waals surface area contributed by atoms with Gasteiger partial charge < -0.3 is 14.9 Å². The van der Waals surface area contributed by atoms with E-state index in [2.05, 4.69) is 4.98 Å². The van der Waals surface area contributed by atoms with Crippen molar-refractivity contribution >= 4 is 11.1 Å². The Morgan fingerprint density at radius 3 is 3.00 bits per heavy atom. The molecule has 0 saturated heterocycles. The second kappa shape index (κ2) is 4.04. The van der Waals surface area contributed by atoms with Crippen LogP contribution in [0.1, 0.15) is 31.1 Å². The van der Waals surface area contributed by atoms with Crippen LogP contribution in [0.2, 0.25) is 0 Å². The highest BCUT2D eigenvalue weighted by atomic mass is 16.5. The first kappa shape index (κ1) is 10.6. The Morgan fingerprint density at radius 2 is 2.29 bits per heavy atom. The Kier molecular flexibility index (Phi) is 2.52. The zero-order valence-corrected chi connectivity index (χ0v) is 9.85. The van der Waals surface area contributed by atoms with Crippen LogP contribution in [0.5, 0.6) is 5.75 Å². The van der Waals surface area contributed by atoms with E-state index < -0.39 is 0 Å². The van der Waals surface area contributed by atoms with Crippen molar-refractivity contribution in [2.45, 2.75) is 31.2 Å². The predicted octanol–water partition coefficient (Wildman–Crippen LogP) is 2.43. The van der Waals surface area contributed by atoms with Gasteiger partial charge in [-0.05, 0) is 31.4 Å². The van der Waals surface area contributed by atoms with Crippen LogP contribution in [0.25, 0.3) is 11.1 Å². The van der Waals surface area contributed by atoms with Gasteiger partial charge in [-0.1, -0.05) is 0 Å². The molecule has 1 aromatic heterocycles. The standard InChI is InChI=1S/C13H16N2O2/c1-16-10-4-5-11-12(7-10)17-13(15-11)8-2-3-9(14)6-8/h4-5,7-9H,2-3,6,14H2,1H3/t8-,9+/m1/s1. The summed E-state index contributed by atoms with van der Waals surface area (Å²) in [5.74, 6) is 1.99. The third kappa shape index (κ3) is 1.89. The summed E-state index contributed by atoms with van der Waals surface area (Å²) in [7, 11) is 1.65. The number of hydrogen-bond acceptors (Lipinski definition) is 4. The fourth-order valence-electron chi connectivity index (χ4n) is 2.47. The maximum atomic E-state index is 5.91. The summed E-state index contributed by atoms with van der Waals surface area (Å²) in [5, 5.41) is 0. The summed E-state index contributed by atoms with van der Waals surface area (Å²) >= 11 is 0. The summed E-state index contributed by atoms with van der Waals surface area (Å²) in [6.45, 7) is 0. The van der Waals surface area contributed by atoms with E-state index in [0.717, 1.165) is 42.0 Å². The summed E-state index contributed by atoms with van der Waals surface area (Å²) in [5.41, 5.74) is 7.59. The monoisotopic (exact) mass is 232 g/mol. The molecule has 4 heteroatoms. The van der Waals surface area contributed by atoms with Crippen LogP contribution in [0.4, 0.5) is 0 Å². The Balaban J connectivity index is 1.96. The second-order valence-corrected chi connectivity index (χ2v) is 4.66. The summed E-state index contributed by atoms with van der Waals surface area (Å²) < 4.78 is 11.0. The van der Waals surface area contributed by atoms with Crippen LogP contribution >= 0.6 is 0 Å². The van der Waals surface area contributed by atoms with E-state index in [4.69, 9.17) is 14.9 Å². The SMILES string of the molecule is COc1ccc2nc([C@@H]3CC[C@H](N)C3)oc2c1. The van der Waals surface area contributed by atoms with Gasteiger partial charge in [-0.15, -0.1) is 0 Å². The first-order valence-corrected chi connectivity index (χ1v) is 5.96.